The minimum atomic E-state index is -3.84. The standard InChI is InChI=1S/C27H25N3O7S3/c1-37-25(31)17-29-23-14-13-21(39(2,33)34)16-24(23)38-27(29)28-26(32)19-9-11-20(12-10-19)40(35,36)30-15-5-7-18-6-3-4-8-22(18)30/h3-4,6,8-14,16H,5,7,15,17H2,1-2H3. The van der Waals surface area contributed by atoms with E-state index >= 15 is 0 Å². The van der Waals surface area contributed by atoms with Crippen molar-refractivity contribution in [3.63, 3.8) is 0 Å². The van der Waals surface area contributed by atoms with Crippen molar-refractivity contribution in [1.82, 2.24) is 4.57 Å². The lowest BCUT2D eigenvalue weighted by Gasteiger charge is -2.30. The zero-order chi connectivity index (χ0) is 28.7. The molecule has 2 heterocycles. The lowest BCUT2D eigenvalue weighted by atomic mass is 10.0. The molecule has 208 valence electrons. The minimum absolute atomic E-state index is 0.0525. The third-order valence-corrected chi connectivity index (χ3v) is 10.5. The van der Waals surface area contributed by atoms with Crippen molar-refractivity contribution < 1.29 is 31.2 Å². The second-order valence-electron chi connectivity index (χ2n) is 9.20. The van der Waals surface area contributed by atoms with E-state index in [1.165, 1.54) is 52.4 Å². The fraction of sp³-hybridized carbons (Fsp3) is 0.222. The van der Waals surface area contributed by atoms with Gasteiger partial charge in [0.2, 0.25) is 0 Å². The molecule has 0 unspecified atom stereocenters. The number of carbonyl (C=O) groups is 2. The van der Waals surface area contributed by atoms with Crippen LogP contribution >= 0.6 is 11.3 Å². The zero-order valence-electron chi connectivity index (χ0n) is 21.6. The highest BCUT2D eigenvalue weighted by molar-refractivity contribution is 7.92. The van der Waals surface area contributed by atoms with Crippen LogP contribution in [0.4, 0.5) is 5.69 Å². The number of methoxy groups -OCH3 is 1. The molecule has 0 aliphatic carbocycles. The summed E-state index contributed by atoms with van der Waals surface area (Å²) >= 11 is 1.05. The number of anilines is 1. The van der Waals surface area contributed by atoms with E-state index < -0.39 is 31.7 Å². The van der Waals surface area contributed by atoms with E-state index in [9.17, 15) is 26.4 Å². The Kier molecular flexibility index (Phi) is 7.38. The molecule has 10 nitrogen and oxygen atoms in total. The monoisotopic (exact) mass is 599 g/mol. The number of sulfonamides is 1. The van der Waals surface area contributed by atoms with Crippen LogP contribution in [0.15, 0.2) is 81.5 Å². The molecule has 40 heavy (non-hydrogen) atoms. The van der Waals surface area contributed by atoms with Gasteiger partial charge in [0, 0.05) is 18.4 Å². The van der Waals surface area contributed by atoms with Crippen LogP contribution in [0.1, 0.15) is 22.3 Å². The molecule has 1 aromatic heterocycles. The van der Waals surface area contributed by atoms with Crippen LogP contribution < -0.4 is 9.11 Å². The van der Waals surface area contributed by atoms with Gasteiger partial charge in [0.15, 0.2) is 14.6 Å². The molecule has 1 aliphatic rings. The number of ether oxygens (including phenoxy) is 1. The Balaban J connectivity index is 1.50. The number of benzene rings is 3. The summed E-state index contributed by atoms with van der Waals surface area (Å²) in [6, 6.07) is 17.4. The molecule has 1 aliphatic heterocycles. The maximum Gasteiger partial charge on any atom is 0.325 e. The summed E-state index contributed by atoms with van der Waals surface area (Å²) in [6.07, 6.45) is 2.60. The molecule has 0 saturated carbocycles. The van der Waals surface area contributed by atoms with Crippen molar-refractivity contribution in [3.8, 4) is 0 Å². The summed E-state index contributed by atoms with van der Waals surface area (Å²) in [5, 5.41) is 0. The van der Waals surface area contributed by atoms with E-state index in [0.717, 1.165) is 29.6 Å². The lowest BCUT2D eigenvalue weighted by molar-refractivity contribution is -0.141. The normalized spacial score (nSPS) is 14.2. The maximum atomic E-state index is 13.4. The van der Waals surface area contributed by atoms with Crippen LogP contribution in [-0.2, 0) is 42.4 Å². The van der Waals surface area contributed by atoms with Crippen LogP contribution in [0, 0.1) is 0 Å². The third kappa shape index (κ3) is 5.31. The Morgan fingerprint density at radius 2 is 1.68 bits per heavy atom. The van der Waals surface area contributed by atoms with Gasteiger partial charge in [0.05, 0.1) is 32.8 Å². The Bertz CT molecular complexity index is 1920. The average Bonchev–Trinajstić information content (AvgIpc) is 3.27. The van der Waals surface area contributed by atoms with Crippen LogP contribution in [0.25, 0.3) is 10.2 Å². The number of hydrogen-bond donors (Lipinski definition) is 0. The molecule has 0 bridgehead atoms. The van der Waals surface area contributed by atoms with E-state index in [1.807, 2.05) is 12.1 Å². The molecule has 1 amide bonds. The van der Waals surface area contributed by atoms with Crippen LogP contribution in [0.5, 0.6) is 0 Å². The van der Waals surface area contributed by atoms with Gasteiger partial charge in [-0.3, -0.25) is 13.9 Å². The second-order valence-corrected chi connectivity index (χ2v) is 14.1. The number of carbonyl (C=O) groups excluding carboxylic acids is 2. The van der Waals surface area contributed by atoms with Gasteiger partial charge in [0.25, 0.3) is 15.9 Å². The number of nitrogens with zero attached hydrogens (tertiary/aromatic N) is 3. The highest BCUT2D eigenvalue weighted by atomic mass is 32.2. The van der Waals surface area contributed by atoms with Gasteiger partial charge >= 0.3 is 5.97 Å². The van der Waals surface area contributed by atoms with Crippen molar-refractivity contribution in [2.75, 3.05) is 24.2 Å². The predicted octanol–water partition coefficient (Wildman–Crippen LogP) is 3.16. The Morgan fingerprint density at radius 1 is 0.975 bits per heavy atom. The van der Waals surface area contributed by atoms with Crippen LogP contribution in [0.3, 0.4) is 0 Å². The van der Waals surface area contributed by atoms with Gasteiger partial charge in [-0.2, -0.15) is 4.99 Å². The molecule has 0 spiro atoms. The quantitative estimate of drug-likeness (QED) is 0.311. The molecule has 0 N–H and O–H groups in total. The summed E-state index contributed by atoms with van der Waals surface area (Å²) in [7, 11) is -6.09. The van der Waals surface area contributed by atoms with Crippen molar-refractivity contribution in [2.24, 2.45) is 4.99 Å². The van der Waals surface area contributed by atoms with Gasteiger partial charge < -0.3 is 9.30 Å². The first-order valence-electron chi connectivity index (χ1n) is 12.2. The first kappa shape index (κ1) is 27.7. The molecule has 0 fully saturated rings. The molecule has 13 heteroatoms. The Hall–Kier alpha value is -3.81. The number of thiazole rings is 1. The number of aryl methyl sites for hydroxylation is 1. The summed E-state index contributed by atoms with van der Waals surface area (Å²) < 4.78 is 59.0. The lowest BCUT2D eigenvalue weighted by Crippen LogP contribution is -2.35. The number of esters is 1. The average molecular weight is 600 g/mol. The number of hydrogen-bond acceptors (Lipinski definition) is 8. The molecule has 0 saturated heterocycles. The molecule has 0 radical (unpaired) electrons. The van der Waals surface area contributed by atoms with Crippen molar-refractivity contribution in [1.29, 1.82) is 0 Å². The first-order valence-corrected chi connectivity index (χ1v) is 16.3. The number of para-hydroxylation sites is 1. The van der Waals surface area contributed by atoms with Crippen molar-refractivity contribution >= 4 is 59.0 Å². The number of fused-ring (bicyclic) bond motifs is 2. The molecule has 4 aromatic rings. The van der Waals surface area contributed by atoms with Gasteiger partial charge in [-0.15, -0.1) is 0 Å². The fourth-order valence-corrected chi connectivity index (χ4v) is 7.84. The zero-order valence-corrected chi connectivity index (χ0v) is 24.1. The first-order chi connectivity index (χ1) is 19.0. The summed E-state index contributed by atoms with van der Waals surface area (Å²) in [6.45, 7) is 0.123. The molecular formula is C27H25N3O7S3. The van der Waals surface area contributed by atoms with Crippen LogP contribution in [-0.4, -0.2) is 53.2 Å². The molecule has 0 atom stereocenters. The summed E-state index contributed by atoms with van der Waals surface area (Å²) in [4.78, 5) is 29.7. The third-order valence-electron chi connectivity index (χ3n) is 6.55. The largest absolute Gasteiger partial charge is 0.468 e. The molecular weight excluding hydrogens is 575 g/mol. The fourth-order valence-electron chi connectivity index (χ4n) is 4.51. The molecule has 5 rings (SSSR count). The minimum Gasteiger partial charge on any atom is -0.468 e. The SMILES string of the molecule is COC(=O)Cn1c(=NC(=O)c2ccc(S(=O)(=O)N3CCCc4ccccc43)cc2)sc2cc(S(C)(=O)=O)ccc21. The van der Waals surface area contributed by atoms with E-state index in [0.29, 0.717) is 28.9 Å². The summed E-state index contributed by atoms with van der Waals surface area (Å²) in [5.74, 6) is -1.23. The van der Waals surface area contributed by atoms with Gasteiger partial charge in [0.1, 0.15) is 6.54 Å². The smallest absolute Gasteiger partial charge is 0.325 e. The highest BCUT2D eigenvalue weighted by Crippen LogP contribution is 2.32. The summed E-state index contributed by atoms with van der Waals surface area (Å²) in [5.41, 5.74) is 2.28. The van der Waals surface area contributed by atoms with Gasteiger partial charge in [-0.05, 0) is 66.9 Å². The predicted molar refractivity (Wildman–Crippen MR) is 151 cm³/mol. The maximum absolute atomic E-state index is 13.4. The molecule has 3 aromatic carbocycles. The van der Waals surface area contributed by atoms with E-state index in [2.05, 4.69) is 4.99 Å². The Morgan fingerprint density at radius 3 is 2.38 bits per heavy atom. The number of rotatable bonds is 6. The van der Waals surface area contributed by atoms with Crippen molar-refractivity contribution in [2.45, 2.75) is 29.2 Å². The van der Waals surface area contributed by atoms with Crippen molar-refractivity contribution in [3.05, 3.63) is 82.7 Å². The van der Waals surface area contributed by atoms with E-state index in [4.69, 9.17) is 4.74 Å². The van der Waals surface area contributed by atoms with E-state index in [-0.39, 0.29) is 26.7 Å². The van der Waals surface area contributed by atoms with Gasteiger partial charge in [-0.1, -0.05) is 29.5 Å². The second kappa shape index (κ2) is 10.6. The topological polar surface area (TPSA) is 132 Å². The number of aromatic nitrogens is 1. The Labute approximate surface area is 235 Å². The number of sulfone groups is 1. The highest BCUT2D eigenvalue weighted by Gasteiger charge is 2.29. The van der Waals surface area contributed by atoms with E-state index in [1.54, 1.807) is 18.2 Å². The van der Waals surface area contributed by atoms with Crippen LogP contribution in [0.2, 0.25) is 0 Å². The number of amides is 1. The van der Waals surface area contributed by atoms with Gasteiger partial charge in [-0.25, -0.2) is 16.8 Å².